The summed E-state index contributed by atoms with van der Waals surface area (Å²) in [5.74, 6) is 0. The van der Waals surface area contributed by atoms with E-state index >= 15 is 0 Å². The van der Waals surface area contributed by atoms with Crippen molar-refractivity contribution in [1.29, 1.82) is 10.8 Å². The van der Waals surface area contributed by atoms with Gasteiger partial charge in [-0.05, 0) is 71.2 Å². The summed E-state index contributed by atoms with van der Waals surface area (Å²) in [5.41, 5.74) is 6.19. The summed E-state index contributed by atoms with van der Waals surface area (Å²) in [4.78, 5) is 0. The molecule has 0 spiro atoms. The van der Waals surface area contributed by atoms with Gasteiger partial charge in [-0.1, -0.05) is 91.1 Å². The van der Waals surface area contributed by atoms with Gasteiger partial charge in [0.1, 0.15) is 0 Å². The molecule has 1 aliphatic carbocycles. The highest BCUT2D eigenvalue weighted by Gasteiger charge is 2.14. The fourth-order valence-corrected chi connectivity index (χ4v) is 3.80. The molecule has 0 heterocycles. The SMILES string of the molecule is C\C=C/C(C)=C(\C=C/C)C(/C1=CCC(=N)C(=N)C=C1)=c1/cccc/c1=C\c1ccccc1. The summed E-state index contributed by atoms with van der Waals surface area (Å²) < 4.78 is 0. The number of nitrogens with one attached hydrogen (secondary N) is 2. The lowest BCUT2D eigenvalue weighted by molar-refractivity contribution is 1.36. The molecule has 0 atom stereocenters. The largest absolute Gasteiger partial charge is 0.303 e. The summed E-state index contributed by atoms with van der Waals surface area (Å²) in [5, 5.41) is 18.5. The maximum Gasteiger partial charge on any atom is 0.0750 e. The quantitative estimate of drug-likeness (QED) is 0.555. The molecular weight excluding hydrogens is 388 g/mol. The van der Waals surface area contributed by atoms with E-state index < -0.39 is 0 Å². The summed E-state index contributed by atoms with van der Waals surface area (Å²) in [6.45, 7) is 6.19. The fourth-order valence-electron chi connectivity index (χ4n) is 3.80. The van der Waals surface area contributed by atoms with E-state index in [0.717, 1.165) is 32.7 Å². The van der Waals surface area contributed by atoms with Gasteiger partial charge in [-0.3, -0.25) is 5.41 Å². The van der Waals surface area contributed by atoms with E-state index in [0.29, 0.717) is 12.1 Å². The first-order valence-corrected chi connectivity index (χ1v) is 10.9. The molecule has 32 heavy (non-hydrogen) atoms. The van der Waals surface area contributed by atoms with Gasteiger partial charge in [0.2, 0.25) is 0 Å². The van der Waals surface area contributed by atoms with E-state index in [2.05, 4.69) is 79.8 Å². The summed E-state index contributed by atoms with van der Waals surface area (Å²) >= 11 is 0. The number of rotatable bonds is 5. The van der Waals surface area contributed by atoms with E-state index in [4.69, 9.17) is 10.8 Å². The summed E-state index contributed by atoms with van der Waals surface area (Å²) in [6.07, 6.45) is 16.8. The Kier molecular flexibility index (Phi) is 7.88. The monoisotopic (exact) mass is 418 g/mol. The second kappa shape index (κ2) is 11.0. The number of benzene rings is 2. The second-order valence-electron chi connectivity index (χ2n) is 7.70. The molecule has 0 aromatic heterocycles. The summed E-state index contributed by atoms with van der Waals surface area (Å²) in [7, 11) is 0. The molecule has 0 bridgehead atoms. The molecule has 0 amide bonds. The Morgan fingerprint density at radius 2 is 1.53 bits per heavy atom. The van der Waals surface area contributed by atoms with Crippen molar-refractivity contribution in [1.82, 2.24) is 0 Å². The molecule has 0 saturated heterocycles. The van der Waals surface area contributed by atoms with E-state index in [1.54, 1.807) is 6.08 Å². The Hall–Kier alpha value is -3.78. The molecule has 160 valence electrons. The summed E-state index contributed by atoms with van der Waals surface area (Å²) in [6, 6.07) is 18.8. The van der Waals surface area contributed by atoms with Crippen molar-refractivity contribution in [2.24, 2.45) is 0 Å². The molecule has 0 radical (unpaired) electrons. The third-order valence-corrected chi connectivity index (χ3v) is 5.37. The minimum atomic E-state index is 0.265. The first-order chi connectivity index (χ1) is 15.5. The van der Waals surface area contributed by atoms with Crippen molar-refractivity contribution >= 4 is 23.1 Å². The minimum absolute atomic E-state index is 0.265. The molecule has 2 N–H and O–H groups in total. The van der Waals surface area contributed by atoms with Crippen LogP contribution in [0.5, 0.6) is 0 Å². The third kappa shape index (κ3) is 5.47. The average molecular weight is 419 g/mol. The van der Waals surface area contributed by atoms with Crippen molar-refractivity contribution in [3.63, 3.8) is 0 Å². The lowest BCUT2D eigenvalue weighted by Crippen LogP contribution is -2.28. The highest BCUT2D eigenvalue weighted by molar-refractivity contribution is 6.44. The standard InChI is InChI=1S/C30H30N2/c1-4-11-22(3)26(12-5-2)30(24-17-19-28(31)29(32)20-18-24)27-16-10-9-15-25(27)21-23-13-7-6-8-14-23/h4-19,21,31-32H,20H2,1-3H3/b11-4-,12-5-,25-21+,26-22+,30-27-,31-28?,32-29?. The van der Waals surface area contributed by atoms with Crippen molar-refractivity contribution in [2.75, 3.05) is 0 Å². The Morgan fingerprint density at radius 1 is 0.844 bits per heavy atom. The molecule has 2 nitrogen and oxygen atoms in total. The third-order valence-electron chi connectivity index (χ3n) is 5.37. The van der Waals surface area contributed by atoms with Crippen LogP contribution >= 0.6 is 0 Å². The van der Waals surface area contributed by atoms with E-state index in [-0.39, 0.29) is 5.71 Å². The van der Waals surface area contributed by atoms with Crippen LogP contribution in [0.25, 0.3) is 11.6 Å². The zero-order valence-corrected chi connectivity index (χ0v) is 19.0. The van der Waals surface area contributed by atoms with Crippen molar-refractivity contribution in [3.8, 4) is 0 Å². The first kappa shape index (κ1) is 22.9. The lowest BCUT2D eigenvalue weighted by Gasteiger charge is -2.14. The second-order valence-corrected chi connectivity index (χ2v) is 7.70. The van der Waals surface area contributed by atoms with Crippen molar-refractivity contribution in [2.45, 2.75) is 27.2 Å². The van der Waals surface area contributed by atoms with Crippen molar-refractivity contribution < 1.29 is 0 Å². The maximum absolute atomic E-state index is 8.13. The van der Waals surface area contributed by atoms with Crippen LogP contribution in [0.4, 0.5) is 0 Å². The lowest BCUT2D eigenvalue weighted by atomic mass is 9.90. The van der Waals surface area contributed by atoms with Crippen LogP contribution in [0.15, 0.2) is 114 Å². The highest BCUT2D eigenvalue weighted by atomic mass is 14.5. The molecule has 0 saturated carbocycles. The van der Waals surface area contributed by atoms with Crippen LogP contribution in [-0.2, 0) is 0 Å². The van der Waals surface area contributed by atoms with E-state index in [1.165, 1.54) is 5.57 Å². The zero-order chi connectivity index (χ0) is 22.9. The van der Waals surface area contributed by atoms with Gasteiger partial charge in [0.25, 0.3) is 0 Å². The van der Waals surface area contributed by atoms with Crippen LogP contribution in [-0.4, -0.2) is 11.4 Å². The predicted molar refractivity (Wildman–Crippen MR) is 139 cm³/mol. The fraction of sp³-hybridized carbons (Fsp3) is 0.133. The predicted octanol–water partition coefficient (Wildman–Crippen LogP) is 6.06. The van der Waals surface area contributed by atoms with E-state index in [1.807, 2.05) is 38.1 Å². The number of hydrogen-bond donors (Lipinski definition) is 2. The van der Waals surface area contributed by atoms with Gasteiger partial charge in [-0.15, -0.1) is 0 Å². The number of hydrogen-bond acceptors (Lipinski definition) is 2. The molecule has 1 aliphatic rings. The molecule has 2 heteroatoms. The van der Waals surface area contributed by atoms with Gasteiger partial charge in [-0.25, -0.2) is 0 Å². The Morgan fingerprint density at radius 3 is 2.25 bits per heavy atom. The van der Waals surface area contributed by atoms with Gasteiger partial charge >= 0.3 is 0 Å². The average Bonchev–Trinajstić information content (AvgIpc) is 2.96. The van der Waals surface area contributed by atoms with Gasteiger partial charge in [0.05, 0.1) is 11.4 Å². The molecule has 0 aliphatic heterocycles. The van der Waals surface area contributed by atoms with Crippen LogP contribution in [0.2, 0.25) is 0 Å². The molecule has 3 rings (SSSR count). The Labute approximate surface area is 191 Å². The molecule has 2 aromatic rings. The maximum atomic E-state index is 8.13. The highest BCUT2D eigenvalue weighted by Crippen LogP contribution is 2.27. The minimum Gasteiger partial charge on any atom is -0.303 e. The smallest absolute Gasteiger partial charge is 0.0750 e. The van der Waals surface area contributed by atoms with Crippen LogP contribution in [0, 0.1) is 10.8 Å². The molecule has 0 fully saturated rings. The topological polar surface area (TPSA) is 47.7 Å². The zero-order valence-electron chi connectivity index (χ0n) is 19.0. The van der Waals surface area contributed by atoms with Crippen molar-refractivity contribution in [3.05, 3.63) is 130 Å². The van der Waals surface area contributed by atoms with Gasteiger partial charge in [0, 0.05) is 6.42 Å². The van der Waals surface area contributed by atoms with Gasteiger partial charge in [-0.2, -0.15) is 0 Å². The van der Waals surface area contributed by atoms with Gasteiger partial charge in [0.15, 0.2) is 0 Å². The Balaban J connectivity index is 2.47. The molecular formula is C30H30N2. The molecule has 0 unspecified atom stereocenters. The number of allylic oxidation sites excluding steroid dienone is 10. The van der Waals surface area contributed by atoms with Crippen LogP contribution in [0.1, 0.15) is 32.8 Å². The Bertz CT molecular complexity index is 1280. The van der Waals surface area contributed by atoms with E-state index in [9.17, 15) is 0 Å². The van der Waals surface area contributed by atoms with Gasteiger partial charge < -0.3 is 5.41 Å². The normalized spacial score (nSPS) is 17.0. The first-order valence-electron chi connectivity index (χ1n) is 10.9. The molecule has 2 aromatic carbocycles. The van der Waals surface area contributed by atoms with Crippen LogP contribution in [0.3, 0.4) is 0 Å². The van der Waals surface area contributed by atoms with Crippen LogP contribution < -0.4 is 10.4 Å².